The van der Waals surface area contributed by atoms with Gasteiger partial charge in [-0.05, 0) is 13.3 Å². The summed E-state index contributed by atoms with van der Waals surface area (Å²) in [7, 11) is 0. The van der Waals surface area contributed by atoms with Gasteiger partial charge in [-0.2, -0.15) is 0 Å². The summed E-state index contributed by atoms with van der Waals surface area (Å²) in [4.78, 5) is 29.2. The summed E-state index contributed by atoms with van der Waals surface area (Å²) in [5.74, 6) is -1.68. The van der Waals surface area contributed by atoms with E-state index in [-0.39, 0.29) is 12.3 Å². The van der Waals surface area contributed by atoms with E-state index in [1.807, 2.05) is 19.2 Å². The summed E-state index contributed by atoms with van der Waals surface area (Å²) in [6.07, 6.45) is 0.897. The van der Waals surface area contributed by atoms with Gasteiger partial charge in [0.15, 0.2) is 0 Å². The number of carbonyl (C=O) groups excluding carboxylic acids is 1. The minimum atomic E-state index is -0.919. The number of amides is 1. The molecule has 1 aliphatic heterocycles. The molecule has 1 amide bonds. The zero-order valence-corrected chi connectivity index (χ0v) is 11.2. The molecule has 1 fully saturated rings. The van der Waals surface area contributed by atoms with Crippen molar-refractivity contribution in [3.63, 3.8) is 0 Å². The Balaban J connectivity index is 2.35. The summed E-state index contributed by atoms with van der Waals surface area (Å²) in [6, 6.07) is -0.403. The number of carboxylic acids is 1. The van der Waals surface area contributed by atoms with E-state index in [0.29, 0.717) is 12.2 Å². The van der Waals surface area contributed by atoms with Gasteiger partial charge in [-0.1, -0.05) is 6.92 Å². The van der Waals surface area contributed by atoms with Gasteiger partial charge in [-0.15, -0.1) is 11.3 Å². The number of nitrogens with zero attached hydrogens (tertiary/aromatic N) is 2. The van der Waals surface area contributed by atoms with E-state index >= 15 is 0 Å². The van der Waals surface area contributed by atoms with E-state index in [1.54, 1.807) is 4.90 Å². The maximum Gasteiger partial charge on any atom is 0.309 e. The molecule has 2 unspecified atom stereocenters. The Labute approximate surface area is 109 Å². The average molecular weight is 268 g/mol. The normalized spacial score (nSPS) is 23.7. The van der Waals surface area contributed by atoms with Crippen molar-refractivity contribution in [2.24, 2.45) is 5.92 Å². The van der Waals surface area contributed by atoms with Crippen LogP contribution in [-0.2, 0) is 9.59 Å². The van der Waals surface area contributed by atoms with Gasteiger partial charge in [0, 0.05) is 18.3 Å². The van der Waals surface area contributed by atoms with Crippen molar-refractivity contribution in [3.8, 4) is 0 Å². The molecule has 5 nitrogen and oxygen atoms in total. The van der Waals surface area contributed by atoms with Crippen LogP contribution in [0.5, 0.6) is 0 Å². The van der Waals surface area contributed by atoms with Crippen LogP contribution < -0.4 is 0 Å². The lowest BCUT2D eigenvalue weighted by molar-refractivity contribution is -0.142. The van der Waals surface area contributed by atoms with Crippen molar-refractivity contribution < 1.29 is 14.7 Å². The highest BCUT2D eigenvalue weighted by atomic mass is 32.1. The first kappa shape index (κ1) is 13.0. The number of aliphatic carboxylic acids is 1. The predicted octanol–water partition coefficient (Wildman–Crippen LogP) is 1.84. The van der Waals surface area contributed by atoms with Crippen molar-refractivity contribution >= 4 is 23.2 Å². The standard InChI is InChI=1S/C12H16N2O3S/c1-3-4-14-10(15)5-8(12(16)17)11(14)9-6-18-7(2)13-9/h6,8,11H,3-5H2,1-2H3,(H,16,17). The molecule has 98 valence electrons. The molecule has 0 bridgehead atoms. The Morgan fingerprint density at radius 3 is 2.89 bits per heavy atom. The first-order valence-electron chi connectivity index (χ1n) is 5.99. The van der Waals surface area contributed by atoms with Gasteiger partial charge in [0.1, 0.15) is 0 Å². The lowest BCUT2D eigenvalue weighted by Crippen LogP contribution is -2.31. The third-order valence-corrected chi connectivity index (χ3v) is 3.95. The number of rotatable bonds is 4. The minimum absolute atomic E-state index is 0.0799. The smallest absolute Gasteiger partial charge is 0.309 e. The number of aryl methyl sites for hydroxylation is 1. The summed E-state index contributed by atoms with van der Waals surface area (Å²) < 4.78 is 0. The monoisotopic (exact) mass is 268 g/mol. The Hall–Kier alpha value is -1.43. The third-order valence-electron chi connectivity index (χ3n) is 3.15. The van der Waals surface area contributed by atoms with Crippen LogP contribution in [0.3, 0.4) is 0 Å². The van der Waals surface area contributed by atoms with Crippen LogP contribution in [0, 0.1) is 12.8 Å². The molecule has 0 aromatic carbocycles. The number of thiazole rings is 1. The van der Waals surface area contributed by atoms with Crippen molar-refractivity contribution in [1.82, 2.24) is 9.88 Å². The third kappa shape index (κ3) is 2.25. The van der Waals surface area contributed by atoms with Crippen LogP contribution in [0.2, 0.25) is 0 Å². The minimum Gasteiger partial charge on any atom is -0.481 e. The molecule has 1 aliphatic rings. The Bertz CT molecular complexity index is 472. The molecular formula is C12H16N2O3S. The van der Waals surface area contributed by atoms with Crippen LogP contribution in [0.15, 0.2) is 5.38 Å². The molecule has 1 aromatic rings. The second-order valence-electron chi connectivity index (χ2n) is 4.47. The molecule has 1 N–H and O–H groups in total. The zero-order chi connectivity index (χ0) is 13.3. The molecule has 6 heteroatoms. The SMILES string of the molecule is CCCN1C(=O)CC(C(=O)O)C1c1csc(C)n1. The van der Waals surface area contributed by atoms with Crippen LogP contribution >= 0.6 is 11.3 Å². The quantitative estimate of drug-likeness (QED) is 0.904. The van der Waals surface area contributed by atoms with Gasteiger partial charge < -0.3 is 10.0 Å². The lowest BCUT2D eigenvalue weighted by atomic mass is 9.98. The van der Waals surface area contributed by atoms with Crippen molar-refractivity contribution in [1.29, 1.82) is 0 Å². The van der Waals surface area contributed by atoms with Crippen molar-refractivity contribution in [3.05, 3.63) is 16.1 Å². The Morgan fingerprint density at radius 1 is 1.67 bits per heavy atom. The molecule has 1 saturated heterocycles. The van der Waals surface area contributed by atoms with E-state index in [1.165, 1.54) is 11.3 Å². The molecule has 1 aromatic heterocycles. The van der Waals surface area contributed by atoms with Gasteiger partial charge >= 0.3 is 5.97 Å². The van der Waals surface area contributed by atoms with E-state index in [0.717, 1.165) is 11.4 Å². The van der Waals surface area contributed by atoms with E-state index in [9.17, 15) is 14.7 Å². The fourth-order valence-electron chi connectivity index (χ4n) is 2.40. The van der Waals surface area contributed by atoms with Crippen LogP contribution in [-0.4, -0.2) is 33.4 Å². The Kier molecular flexibility index (Phi) is 3.65. The van der Waals surface area contributed by atoms with Gasteiger partial charge in [-0.25, -0.2) is 4.98 Å². The topological polar surface area (TPSA) is 70.5 Å². The number of aromatic nitrogens is 1. The largest absolute Gasteiger partial charge is 0.481 e. The molecule has 0 aliphatic carbocycles. The molecular weight excluding hydrogens is 252 g/mol. The van der Waals surface area contributed by atoms with Gasteiger partial charge in [0.2, 0.25) is 5.91 Å². The van der Waals surface area contributed by atoms with Gasteiger partial charge in [0.05, 0.1) is 22.7 Å². The summed E-state index contributed by atoms with van der Waals surface area (Å²) in [5, 5.41) is 12.0. The molecule has 18 heavy (non-hydrogen) atoms. The van der Waals surface area contributed by atoms with Crippen molar-refractivity contribution in [2.75, 3.05) is 6.54 Å². The number of likely N-dealkylation sites (tertiary alicyclic amines) is 1. The van der Waals surface area contributed by atoms with Crippen molar-refractivity contribution in [2.45, 2.75) is 32.7 Å². The highest BCUT2D eigenvalue weighted by molar-refractivity contribution is 7.09. The maximum absolute atomic E-state index is 11.9. The second kappa shape index (κ2) is 5.06. The predicted molar refractivity (Wildman–Crippen MR) is 67.3 cm³/mol. The number of hydrogen-bond acceptors (Lipinski definition) is 4. The summed E-state index contributed by atoms with van der Waals surface area (Å²) in [6.45, 7) is 4.44. The molecule has 0 spiro atoms. The zero-order valence-electron chi connectivity index (χ0n) is 10.4. The number of hydrogen-bond donors (Lipinski definition) is 1. The molecule has 0 radical (unpaired) electrons. The lowest BCUT2D eigenvalue weighted by Gasteiger charge is -2.25. The molecule has 0 saturated carbocycles. The summed E-state index contributed by atoms with van der Waals surface area (Å²) >= 11 is 1.48. The average Bonchev–Trinajstić information content (AvgIpc) is 2.85. The first-order valence-corrected chi connectivity index (χ1v) is 6.86. The second-order valence-corrected chi connectivity index (χ2v) is 5.53. The maximum atomic E-state index is 11.9. The van der Waals surface area contributed by atoms with E-state index in [4.69, 9.17) is 0 Å². The van der Waals surface area contributed by atoms with Crippen LogP contribution in [0.25, 0.3) is 0 Å². The summed E-state index contributed by atoms with van der Waals surface area (Å²) in [5.41, 5.74) is 0.712. The van der Waals surface area contributed by atoms with Gasteiger partial charge in [0.25, 0.3) is 0 Å². The Morgan fingerprint density at radius 2 is 2.39 bits per heavy atom. The van der Waals surface area contributed by atoms with E-state index in [2.05, 4.69) is 4.98 Å². The van der Waals surface area contributed by atoms with Gasteiger partial charge in [-0.3, -0.25) is 9.59 Å². The molecule has 2 atom stereocenters. The number of carbonyl (C=O) groups is 2. The molecule has 2 heterocycles. The van der Waals surface area contributed by atoms with E-state index < -0.39 is 17.9 Å². The van der Waals surface area contributed by atoms with Crippen LogP contribution in [0.1, 0.15) is 36.5 Å². The van der Waals surface area contributed by atoms with Crippen LogP contribution in [0.4, 0.5) is 0 Å². The number of carboxylic acid groups (broad SMARTS) is 1. The highest BCUT2D eigenvalue weighted by Crippen LogP contribution is 2.38. The highest BCUT2D eigenvalue weighted by Gasteiger charge is 2.45. The first-order chi connectivity index (χ1) is 8.54. The fourth-order valence-corrected chi connectivity index (χ4v) is 3.04. The fraction of sp³-hybridized carbons (Fsp3) is 0.583. The molecule has 2 rings (SSSR count).